The minimum absolute atomic E-state index is 0.0669. The summed E-state index contributed by atoms with van der Waals surface area (Å²) in [5.74, 6) is 5.70. The van der Waals surface area contributed by atoms with Crippen LogP contribution in [0.1, 0.15) is 30.4 Å². The number of carbonyl (C=O) groups is 3. The van der Waals surface area contributed by atoms with Gasteiger partial charge in [0.05, 0.1) is 12.0 Å². The average Bonchev–Trinajstić information content (AvgIpc) is 3.26. The summed E-state index contributed by atoms with van der Waals surface area (Å²) in [6.45, 7) is 1.97. The second-order valence-electron chi connectivity index (χ2n) is 9.30. The van der Waals surface area contributed by atoms with E-state index in [1.807, 2.05) is 49.4 Å². The van der Waals surface area contributed by atoms with Crippen LogP contribution in [0.15, 0.2) is 77.7 Å². The summed E-state index contributed by atoms with van der Waals surface area (Å²) in [6, 6.07) is 20.1. The van der Waals surface area contributed by atoms with Gasteiger partial charge in [0.15, 0.2) is 0 Å². The highest BCUT2D eigenvalue weighted by Crippen LogP contribution is 2.44. The molecule has 0 radical (unpaired) electrons. The van der Waals surface area contributed by atoms with Crippen molar-refractivity contribution >= 4 is 50.2 Å². The lowest BCUT2D eigenvalue weighted by molar-refractivity contribution is -0.120. The molecule has 1 heterocycles. The fourth-order valence-corrected chi connectivity index (χ4v) is 7.55. The molecule has 1 saturated heterocycles. The highest BCUT2D eigenvalue weighted by Gasteiger charge is 2.57. The van der Waals surface area contributed by atoms with Gasteiger partial charge in [-0.2, -0.15) is 0 Å². The van der Waals surface area contributed by atoms with Crippen molar-refractivity contribution in [2.24, 2.45) is 0 Å². The first-order valence-electron chi connectivity index (χ1n) is 12.8. The number of hydrogen-bond donors (Lipinski definition) is 3. The maximum absolute atomic E-state index is 13.5. The SMILES string of the molecule is COc1ccc(S(=O)(=O)C2(CCCC#CCc3cccc(NC(=O)Nc4ccc(C)cc4)c3)SC(=O)NC2=O)cc1. The van der Waals surface area contributed by atoms with Gasteiger partial charge in [0.2, 0.25) is 13.9 Å². The van der Waals surface area contributed by atoms with E-state index in [4.69, 9.17) is 4.74 Å². The number of anilines is 2. The number of thioether (sulfide) groups is 1. The summed E-state index contributed by atoms with van der Waals surface area (Å²) < 4.78 is 30.1. The standard InChI is InChI=1S/C30H29N3O6S2/c1-21-11-13-23(14-12-21)31-28(35)32-24-10-7-9-22(20-24)8-5-3-4-6-19-30(27(34)33-29(36)40-30)41(37,38)26-17-15-25(39-2)16-18-26/h7,9-18,20H,4,6,8,19H2,1-2H3,(H2,31,32,35)(H,33,34,36). The van der Waals surface area contributed by atoms with Crippen molar-refractivity contribution in [3.8, 4) is 17.6 Å². The van der Waals surface area contributed by atoms with Crippen LogP contribution in [0.3, 0.4) is 0 Å². The van der Waals surface area contributed by atoms with Gasteiger partial charge < -0.3 is 15.4 Å². The number of amides is 4. The number of methoxy groups -OCH3 is 1. The number of benzene rings is 3. The minimum atomic E-state index is -4.19. The molecule has 3 N–H and O–H groups in total. The molecule has 1 aliphatic rings. The quantitative estimate of drug-likeness (QED) is 0.221. The molecule has 0 bridgehead atoms. The Morgan fingerprint density at radius 2 is 1.68 bits per heavy atom. The van der Waals surface area contributed by atoms with Crippen LogP contribution in [0, 0.1) is 18.8 Å². The summed E-state index contributed by atoms with van der Waals surface area (Å²) >= 11 is 0.494. The monoisotopic (exact) mass is 591 g/mol. The Morgan fingerprint density at radius 1 is 0.976 bits per heavy atom. The van der Waals surface area contributed by atoms with Crippen LogP contribution in [0.25, 0.3) is 0 Å². The summed E-state index contributed by atoms with van der Waals surface area (Å²) in [6.07, 6.45) is 0.960. The molecule has 1 fully saturated rings. The predicted octanol–water partition coefficient (Wildman–Crippen LogP) is 5.52. The fraction of sp³-hybridized carbons (Fsp3) is 0.233. The zero-order valence-corrected chi connectivity index (χ0v) is 24.2. The highest BCUT2D eigenvalue weighted by molar-refractivity contribution is 8.25. The van der Waals surface area contributed by atoms with Gasteiger partial charge in [-0.3, -0.25) is 14.9 Å². The van der Waals surface area contributed by atoms with Crippen molar-refractivity contribution in [2.45, 2.75) is 41.6 Å². The van der Waals surface area contributed by atoms with Gasteiger partial charge in [0, 0.05) is 24.2 Å². The Hall–Kier alpha value is -4.27. The summed E-state index contributed by atoms with van der Waals surface area (Å²) in [5.41, 5.74) is 3.29. The summed E-state index contributed by atoms with van der Waals surface area (Å²) in [5, 5.41) is 7.02. The third-order valence-electron chi connectivity index (χ3n) is 6.34. The van der Waals surface area contributed by atoms with Crippen LogP contribution < -0.4 is 20.7 Å². The fourth-order valence-electron chi connectivity index (χ4n) is 4.18. The first-order valence-corrected chi connectivity index (χ1v) is 15.1. The number of carbonyl (C=O) groups excluding carboxylic acids is 3. The molecule has 0 aliphatic carbocycles. The maximum atomic E-state index is 13.5. The van der Waals surface area contributed by atoms with Crippen molar-refractivity contribution < 1.29 is 27.5 Å². The van der Waals surface area contributed by atoms with E-state index >= 15 is 0 Å². The summed E-state index contributed by atoms with van der Waals surface area (Å²) in [4.78, 5) is 37.0. The van der Waals surface area contributed by atoms with Gasteiger partial charge >= 0.3 is 6.03 Å². The third kappa shape index (κ3) is 7.09. The molecule has 3 aromatic carbocycles. The molecule has 3 aromatic rings. The van der Waals surface area contributed by atoms with Crippen molar-refractivity contribution in [1.29, 1.82) is 0 Å². The lowest BCUT2D eigenvalue weighted by Crippen LogP contribution is -2.43. The van der Waals surface area contributed by atoms with Gasteiger partial charge in [-0.25, -0.2) is 13.2 Å². The number of imide groups is 1. The highest BCUT2D eigenvalue weighted by atomic mass is 32.3. The summed E-state index contributed by atoms with van der Waals surface area (Å²) in [7, 11) is -2.73. The molecule has 4 rings (SSSR count). The van der Waals surface area contributed by atoms with Crippen LogP contribution in [0.4, 0.5) is 21.0 Å². The number of hydrogen-bond acceptors (Lipinski definition) is 7. The van der Waals surface area contributed by atoms with E-state index in [1.165, 1.54) is 31.4 Å². The van der Waals surface area contributed by atoms with Crippen molar-refractivity contribution in [2.75, 3.05) is 17.7 Å². The molecule has 212 valence electrons. The zero-order chi connectivity index (χ0) is 29.5. The zero-order valence-electron chi connectivity index (χ0n) is 22.5. The molecule has 1 atom stereocenters. The predicted molar refractivity (Wildman–Crippen MR) is 160 cm³/mol. The third-order valence-corrected chi connectivity index (χ3v) is 10.4. The molecule has 0 aromatic heterocycles. The van der Waals surface area contributed by atoms with E-state index in [9.17, 15) is 22.8 Å². The number of rotatable bonds is 9. The number of aryl methyl sites for hydroxylation is 1. The van der Waals surface area contributed by atoms with E-state index in [2.05, 4.69) is 27.8 Å². The molecular weight excluding hydrogens is 562 g/mol. The second-order valence-corrected chi connectivity index (χ2v) is 13.0. The Labute approximate surface area is 243 Å². The number of urea groups is 1. The topological polar surface area (TPSA) is 131 Å². The van der Waals surface area contributed by atoms with E-state index in [0.717, 1.165) is 11.1 Å². The molecule has 1 unspecified atom stereocenters. The number of ether oxygens (including phenoxy) is 1. The van der Waals surface area contributed by atoms with E-state index < -0.39 is 25.1 Å². The molecule has 0 saturated carbocycles. The van der Waals surface area contributed by atoms with Crippen molar-refractivity contribution in [1.82, 2.24) is 5.32 Å². The Balaban J connectivity index is 1.34. The lowest BCUT2D eigenvalue weighted by Gasteiger charge is -2.24. The van der Waals surface area contributed by atoms with Crippen LogP contribution in [0.5, 0.6) is 5.75 Å². The molecule has 11 heteroatoms. The Morgan fingerprint density at radius 3 is 2.34 bits per heavy atom. The van der Waals surface area contributed by atoms with Gasteiger partial charge in [-0.1, -0.05) is 35.7 Å². The maximum Gasteiger partial charge on any atom is 0.323 e. The number of sulfone groups is 1. The van der Waals surface area contributed by atoms with E-state index in [1.54, 1.807) is 6.07 Å². The first-order chi connectivity index (χ1) is 19.6. The smallest absolute Gasteiger partial charge is 0.323 e. The molecular formula is C30H29N3O6S2. The normalized spacial score (nSPS) is 16.3. The number of nitrogens with one attached hydrogen (secondary N) is 3. The Bertz CT molecular complexity index is 1610. The van der Waals surface area contributed by atoms with Gasteiger partial charge in [0.1, 0.15) is 5.75 Å². The van der Waals surface area contributed by atoms with E-state index in [0.29, 0.717) is 41.7 Å². The van der Waals surface area contributed by atoms with Crippen molar-refractivity contribution in [3.05, 3.63) is 83.9 Å². The van der Waals surface area contributed by atoms with Crippen LogP contribution in [-0.2, 0) is 21.1 Å². The average molecular weight is 592 g/mol. The Kier molecular flexibility index (Phi) is 9.37. The molecule has 4 amide bonds. The first kappa shape index (κ1) is 29.7. The van der Waals surface area contributed by atoms with Crippen LogP contribution >= 0.6 is 11.8 Å². The minimum Gasteiger partial charge on any atom is -0.497 e. The van der Waals surface area contributed by atoms with Crippen LogP contribution in [0.2, 0.25) is 0 Å². The van der Waals surface area contributed by atoms with E-state index in [-0.39, 0.29) is 23.8 Å². The number of unbranched alkanes of at least 4 members (excludes halogenated alkanes) is 1. The molecule has 0 spiro atoms. The van der Waals surface area contributed by atoms with Gasteiger partial charge in [-0.15, -0.1) is 5.92 Å². The van der Waals surface area contributed by atoms with Gasteiger partial charge in [0.25, 0.3) is 11.1 Å². The second kappa shape index (κ2) is 12.9. The lowest BCUT2D eigenvalue weighted by atomic mass is 10.1. The van der Waals surface area contributed by atoms with Gasteiger partial charge in [-0.05, 0) is 85.6 Å². The van der Waals surface area contributed by atoms with Crippen LogP contribution in [-0.4, -0.2) is 36.8 Å². The molecule has 9 nitrogen and oxygen atoms in total. The largest absolute Gasteiger partial charge is 0.497 e. The van der Waals surface area contributed by atoms with Crippen molar-refractivity contribution in [3.63, 3.8) is 0 Å². The molecule has 41 heavy (non-hydrogen) atoms. The molecule has 1 aliphatic heterocycles.